The molecule has 5 aromatic rings. The van der Waals surface area contributed by atoms with E-state index in [1.54, 1.807) is 42.5 Å². The van der Waals surface area contributed by atoms with Gasteiger partial charge in [-0.2, -0.15) is 0 Å². The summed E-state index contributed by atoms with van der Waals surface area (Å²) in [5.41, 5.74) is 5.29. The molecule has 234 valence electrons. The third-order valence-corrected chi connectivity index (χ3v) is 6.47. The van der Waals surface area contributed by atoms with Gasteiger partial charge in [-0.25, -0.2) is 0 Å². The number of para-hydroxylation sites is 3. The van der Waals surface area contributed by atoms with Crippen LogP contribution in [0.4, 0.5) is 0 Å². The summed E-state index contributed by atoms with van der Waals surface area (Å²) in [6, 6.07) is 36.4. The van der Waals surface area contributed by atoms with Crippen LogP contribution in [0, 0.1) is 20.8 Å². The zero-order valence-electron chi connectivity index (χ0n) is 26.9. The first-order valence-corrected chi connectivity index (χ1v) is 14.6. The highest BCUT2D eigenvalue weighted by atomic mass is 16.3. The zero-order valence-corrected chi connectivity index (χ0v) is 26.9. The quantitative estimate of drug-likeness (QED) is 0.140. The second kappa shape index (κ2) is 20.1. The van der Waals surface area contributed by atoms with Crippen LogP contribution < -0.4 is 0 Å². The van der Waals surface area contributed by atoms with Gasteiger partial charge in [0, 0.05) is 0 Å². The van der Waals surface area contributed by atoms with Gasteiger partial charge in [-0.15, -0.1) is 0 Å². The predicted octanol–water partition coefficient (Wildman–Crippen LogP) is 10.1. The molecule has 0 saturated heterocycles. The Morgan fingerprint density at radius 1 is 0.341 bits per heavy atom. The Morgan fingerprint density at radius 2 is 0.568 bits per heavy atom. The maximum absolute atomic E-state index is 8.94. The zero-order chi connectivity index (χ0) is 33.1. The Hall–Kier alpha value is -4.90. The molecule has 5 rings (SSSR count). The molecule has 0 aliphatic heterocycles. The number of phenolic OH excluding ortho intramolecular Hbond substituents is 5. The number of rotatable bonds is 2. The van der Waals surface area contributed by atoms with Crippen LogP contribution in [0.1, 0.15) is 67.3 Å². The van der Waals surface area contributed by atoms with Crippen LogP contribution in [0.2, 0.25) is 0 Å². The van der Waals surface area contributed by atoms with Gasteiger partial charge in [0.2, 0.25) is 0 Å². The van der Waals surface area contributed by atoms with Crippen molar-refractivity contribution >= 4 is 0 Å². The van der Waals surface area contributed by atoms with Crippen molar-refractivity contribution in [2.75, 3.05) is 0 Å². The van der Waals surface area contributed by atoms with Crippen molar-refractivity contribution in [3.05, 3.63) is 149 Å². The van der Waals surface area contributed by atoms with Crippen LogP contribution >= 0.6 is 0 Å². The molecule has 5 heteroatoms. The molecule has 0 atom stereocenters. The van der Waals surface area contributed by atoms with Gasteiger partial charge in [0.1, 0.15) is 28.7 Å². The van der Waals surface area contributed by atoms with E-state index in [9.17, 15) is 0 Å². The fourth-order valence-corrected chi connectivity index (χ4v) is 3.41. The number of benzene rings is 5. The maximum atomic E-state index is 8.94. The first-order chi connectivity index (χ1) is 20.8. The fourth-order valence-electron chi connectivity index (χ4n) is 3.41. The lowest BCUT2D eigenvalue weighted by Crippen LogP contribution is -1.84. The molecule has 5 aromatic carbocycles. The highest BCUT2D eigenvalue weighted by Crippen LogP contribution is 2.18. The van der Waals surface area contributed by atoms with Crippen LogP contribution in [0.5, 0.6) is 28.7 Å². The molecule has 0 aromatic heterocycles. The SMILES string of the molecule is CC(C)c1ccc(O)cc1.CC(C)c1ccc(O)cc1.Cc1ccccc1O.Cc1ccccc1O.Cc1ccccc1O. The Kier molecular flexibility index (Phi) is 16.9. The van der Waals surface area contributed by atoms with Crippen LogP contribution in [0.3, 0.4) is 0 Å². The molecule has 0 aliphatic carbocycles. The van der Waals surface area contributed by atoms with Crippen LogP contribution in [-0.2, 0) is 0 Å². The van der Waals surface area contributed by atoms with E-state index in [2.05, 4.69) is 27.7 Å². The molecule has 5 nitrogen and oxygen atoms in total. The Morgan fingerprint density at radius 3 is 0.727 bits per heavy atom. The molecule has 0 fully saturated rings. The second-order valence-electron chi connectivity index (χ2n) is 10.9. The smallest absolute Gasteiger partial charge is 0.118 e. The predicted molar refractivity (Wildman–Crippen MR) is 183 cm³/mol. The molecule has 0 bridgehead atoms. The third kappa shape index (κ3) is 15.4. The molecule has 0 aliphatic rings. The summed E-state index contributed by atoms with van der Waals surface area (Å²) in [4.78, 5) is 0. The molecule has 0 unspecified atom stereocenters. The minimum Gasteiger partial charge on any atom is -0.508 e. The van der Waals surface area contributed by atoms with E-state index < -0.39 is 0 Å². The third-order valence-electron chi connectivity index (χ3n) is 6.47. The van der Waals surface area contributed by atoms with Crippen molar-refractivity contribution in [3.63, 3.8) is 0 Å². The van der Waals surface area contributed by atoms with E-state index in [4.69, 9.17) is 25.5 Å². The molecular formula is C39H48O5. The summed E-state index contributed by atoms with van der Waals surface area (Å²) < 4.78 is 0. The lowest BCUT2D eigenvalue weighted by atomic mass is 10.0. The number of hydrogen-bond acceptors (Lipinski definition) is 5. The summed E-state index contributed by atoms with van der Waals surface area (Å²) in [5, 5.41) is 44.6. The topological polar surface area (TPSA) is 101 Å². The van der Waals surface area contributed by atoms with E-state index in [0.29, 0.717) is 40.6 Å². The van der Waals surface area contributed by atoms with E-state index in [1.807, 2.05) is 99.6 Å². The van der Waals surface area contributed by atoms with Gasteiger partial charge < -0.3 is 25.5 Å². The Balaban J connectivity index is 0.000000276. The summed E-state index contributed by atoms with van der Waals surface area (Å²) in [5.74, 6) is 2.86. The van der Waals surface area contributed by atoms with E-state index in [-0.39, 0.29) is 0 Å². The van der Waals surface area contributed by atoms with Crippen molar-refractivity contribution in [1.29, 1.82) is 0 Å². The monoisotopic (exact) mass is 596 g/mol. The largest absolute Gasteiger partial charge is 0.508 e. The highest BCUT2D eigenvalue weighted by molar-refractivity contribution is 5.31. The average molecular weight is 597 g/mol. The van der Waals surface area contributed by atoms with Crippen molar-refractivity contribution in [1.82, 2.24) is 0 Å². The van der Waals surface area contributed by atoms with Gasteiger partial charge in [-0.1, -0.05) is 107 Å². The molecule has 44 heavy (non-hydrogen) atoms. The van der Waals surface area contributed by atoms with Crippen molar-refractivity contribution in [3.8, 4) is 28.7 Å². The van der Waals surface area contributed by atoms with Crippen molar-refractivity contribution < 1.29 is 25.5 Å². The van der Waals surface area contributed by atoms with Gasteiger partial charge in [0.15, 0.2) is 0 Å². The standard InChI is InChI=1S/2C9H12O.3C7H8O/c2*1-7(2)8-3-5-9(10)6-4-8;3*1-6-4-2-3-5-7(6)8/h2*3-7,10H,1-2H3;3*2-5,8H,1H3. The summed E-state index contributed by atoms with van der Waals surface area (Å²) in [6.45, 7) is 14.1. The Bertz CT molecular complexity index is 1260. The molecule has 0 saturated carbocycles. The number of aryl methyl sites for hydroxylation is 3. The van der Waals surface area contributed by atoms with Gasteiger partial charge in [0.25, 0.3) is 0 Å². The number of aromatic hydroxyl groups is 5. The van der Waals surface area contributed by atoms with E-state index in [1.165, 1.54) is 11.1 Å². The van der Waals surface area contributed by atoms with Crippen molar-refractivity contribution in [2.24, 2.45) is 0 Å². The minimum atomic E-state index is 0.337. The lowest BCUT2D eigenvalue weighted by molar-refractivity contribution is 0.470. The molecule has 5 N–H and O–H groups in total. The normalized spacial score (nSPS) is 9.66. The first-order valence-electron chi connectivity index (χ1n) is 14.6. The summed E-state index contributed by atoms with van der Waals surface area (Å²) >= 11 is 0. The lowest BCUT2D eigenvalue weighted by Gasteiger charge is -2.03. The van der Waals surface area contributed by atoms with Gasteiger partial charge in [-0.05, 0) is 103 Å². The van der Waals surface area contributed by atoms with Gasteiger partial charge in [-0.3, -0.25) is 0 Å². The number of phenols is 5. The van der Waals surface area contributed by atoms with Crippen LogP contribution in [0.15, 0.2) is 121 Å². The number of hydrogen-bond donors (Lipinski definition) is 5. The van der Waals surface area contributed by atoms with Crippen LogP contribution in [0.25, 0.3) is 0 Å². The molecule has 0 heterocycles. The minimum absolute atomic E-state index is 0.337. The van der Waals surface area contributed by atoms with Gasteiger partial charge in [0.05, 0.1) is 0 Å². The summed E-state index contributed by atoms with van der Waals surface area (Å²) in [6.07, 6.45) is 0. The fraction of sp³-hybridized carbons (Fsp3) is 0.231. The molecule has 0 amide bonds. The Labute approximate surface area is 263 Å². The second-order valence-corrected chi connectivity index (χ2v) is 10.9. The maximum Gasteiger partial charge on any atom is 0.118 e. The molecular weight excluding hydrogens is 548 g/mol. The van der Waals surface area contributed by atoms with Crippen LogP contribution in [-0.4, -0.2) is 25.5 Å². The van der Waals surface area contributed by atoms with Gasteiger partial charge >= 0.3 is 0 Å². The van der Waals surface area contributed by atoms with Crippen molar-refractivity contribution in [2.45, 2.75) is 60.3 Å². The summed E-state index contributed by atoms with van der Waals surface area (Å²) in [7, 11) is 0. The van der Waals surface area contributed by atoms with E-state index >= 15 is 0 Å². The highest BCUT2D eigenvalue weighted by Gasteiger charge is 1.97. The average Bonchev–Trinajstić information content (AvgIpc) is 2.99. The molecule has 0 radical (unpaired) electrons. The first kappa shape index (κ1) is 37.1. The van der Waals surface area contributed by atoms with E-state index in [0.717, 1.165) is 16.7 Å². The molecule has 0 spiro atoms.